The lowest BCUT2D eigenvalue weighted by Crippen LogP contribution is -2.35. The van der Waals surface area contributed by atoms with Crippen molar-refractivity contribution in [3.05, 3.63) is 24.3 Å². The second kappa shape index (κ2) is 11.3. The van der Waals surface area contributed by atoms with E-state index in [1.54, 1.807) is 24.3 Å². The molecule has 2 atom stereocenters. The molecule has 1 rings (SSSR count). The minimum Gasteiger partial charge on any atom is -0.491 e. The molecule has 0 fully saturated rings. The van der Waals surface area contributed by atoms with Crippen LogP contribution in [0, 0.1) is 0 Å². The molecule has 0 bridgehead atoms. The van der Waals surface area contributed by atoms with Crippen molar-refractivity contribution in [2.24, 2.45) is 0 Å². The van der Waals surface area contributed by atoms with E-state index in [4.69, 9.17) is 9.47 Å². The van der Waals surface area contributed by atoms with E-state index in [1.165, 1.54) is 0 Å². The fraction of sp³-hybridized carbons (Fsp3) is 0.667. The molecule has 1 aromatic rings. The van der Waals surface area contributed by atoms with Gasteiger partial charge in [-0.15, -0.1) is 0 Å². The van der Waals surface area contributed by atoms with Crippen molar-refractivity contribution >= 4 is 0 Å². The molecule has 0 aliphatic rings. The maximum absolute atomic E-state index is 9.80. The first-order chi connectivity index (χ1) is 11.4. The molecule has 0 radical (unpaired) electrons. The van der Waals surface area contributed by atoms with Gasteiger partial charge in [-0.25, -0.2) is 0 Å². The van der Waals surface area contributed by atoms with Gasteiger partial charge in [0.1, 0.15) is 36.9 Å². The lowest BCUT2D eigenvalue weighted by atomic mass is 10.3. The van der Waals surface area contributed by atoms with Gasteiger partial charge in [0.25, 0.3) is 0 Å². The summed E-state index contributed by atoms with van der Waals surface area (Å²) in [5, 5.41) is 25.9. The summed E-state index contributed by atoms with van der Waals surface area (Å²) in [5.74, 6) is 1.35. The highest BCUT2D eigenvalue weighted by Gasteiger charge is 2.08. The molecule has 138 valence electrons. The normalized spacial score (nSPS) is 14.0. The molecule has 0 saturated heterocycles. The van der Waals surface area contributed by atoms with Crippen LogP contribution in [0.25, 0.3) is 0 Å². The van der Waals surface area contributed by atoms with Gasteiger partial charge in [0.15, 0.2) is 0 Å². The number of ether oxygens (including phenoxy) is 2. The van der Waals surface area contributed by atoms with Gasteiger partial charge >= 0.3 is 0 Å². The molecule has 0 aromatic heterocycles. The van der Waals surface area contributed by atoms with Crippen LogP contribution in [-0.4, -0.2) is 60.8 Å². The van der Waals surface area contributed by atoms with Gasteiger partial charge in [0.05, 0.1) is 0 Å². The van der Waals surface area contributed by atoms with Crippen molar-refractivity contribution in [2.75, 3.05) is 26.3 Å². The molecular formula is C18H32N2O4. The van der Waals surface area contributed by atoms with E-state index in [-0.39, 0.29) is 13.2 Å². The molecule has 0 amide bonds. The Kier molecular flexibility index (Phi) is 9.71. The van der Waals surface area contributed by atoms with Crippen LogP contribution in [0.5, 0.6) is 11.5 Å². The highest BCUT2D eigenvalue weighted by Crippen LogP contribution is 2.17. The number of hydrogen-bond acceptors (Lipinski definition) is 6. The van der Waals surface area contributed by atoms with Crippen LogP contribution in [-0.2, 0) is 0 Å². The Morgan fingerprint density at radius 1 is 0.750 bits per heavy atom. The molecule has 1 aromatic carbocycles. The molecule has 0 heterocycles. The van der Waals surface area contributed by atoms with Gasteiger partial charge in [-0.3, -0.25) is 0 Å². The van der Waals surface area contributed by atoms with E-state index in [0.717, 1.165) is 0 Å². The average Bonchev–Trinajstić information content (AvgIpc) is 2.55. The van der Waals surface area contributed by atoms with Crippen LogP contribution in [0.4, 0.5) is 0 Å². The molecule has 6 heteroatoms. The Hall–Kier alpha value is -1.34. The number of hydrogen-bond donors (Lipinski definition) is 4. The number of nitrogens with one attached hydrogen (secondary N) is 2. The predicted molar refractivity (Wildman–Crippen MR) is 95.7 cm³/mol. The summed E-state index contributed by atoms with van der Waals surface area (Å²) in [5.41, 5.74) is 0. The van der Waals surface area contributed by atoms with Gasteiger partial charge < -0.3 is 30.3 Å². The maximum Gasteiger partial charge on any atom is 0.119 e. The third-order valence-electron chi connectivity index (χ3n) is 3.23. The second-order valence-corrected chi connectivity index (χ2v) is 6.53. The molecule has 0 aliphatic heterocycles. The zero-order chi connectivity index (χ0) is 17.9. The zero-order valence-electron chi connectivity index (χ0n) is 15.2. The van der Waals surface area contributed by atoms with Crippen LogP contribution in [0.3, 0.4) is 0 Å². The predicted octanol–water partition coefficient (Wildman–Crippen LogP) is 1.16. The minimum absolute atomic E-state index is 0.236. The fourth-order valence-corrected chi connectivity index (χ4v) is 1.88. The van der Waals surface area contributed by atoms with Crippen LogP contribution in [0.2, 0.25) is 0 Å². The number of rotatable bonds is 12. The monoisotopic (exact) mass is 340 g/mol. The summed E-state index contributed by atoms with van der Waals surface area (Å²) in [6, 6.07) is 7.82. The standard InChI is InChI=1S/C18H32N2O4/c1-13(2)19-9-15(21)11-23-17-5-7-18(8-6-17)24-12-16(22)10-20-14(3)4/h5-8,13-16,19-22H,9-12H2,1-4H3. The van der Waals surface area contributed by atoms with Gasteiger partial charge in [0.2, 0.25) is 0 Å². The summed E-state index contributed by atoms with van der Waals surface area (Å²) in [6.07, 6.45) is -1.10. The lowest BCUT2D eigenvalue weighted by Gasteiger charge is -2.16. The van der Waals surface area contributed by atoms with E-state index in [0.29, 0.717) is 36.7 Å². The number of benzene rings is 1. The van der Waals surface area contributed by atoms with Crippen molar-refractivity contribution in [1.29, 1.82) is 0 Å². The minimum atomic E-state index is -0.549. The zero-order valence-corrected chi connectivity index (χ0v) is 15.2. The summed E-state index contributed by atoms with van der Waals surface area (Å²) in [7, 11) is 0. The van der Waals surface area contributed by atoms with E-state index >= 15 is 0 Å². The van der Waals surface area contributed by atoms with Crippen molar-refractivity contribution in [3.8, 4) is 11.5 Å². The molecule has 0 aliphatic carbocycles. The summed E-state index contributed by atoms with van der Waals surface area (Å²) in [6.45, 7) is 9.59. The topological polar surface area (TPSA) is 83.0 Å². The van der Waals surface area contributed by atoms with Crippen LogP contribution < -0.4 is 20.1 Å². The largest absolute Gasteiger partial charge is 0.491 e. The van der Waals surface area contributed by atoms with E-state index in [1.807, 2.05) is 27.7 Å². The van der Waals surface area contributed by atoms with E-state index in [2.05, 4.69) is 10.6 Å². The molecule has 2 unspecified atom stereocenters. The molecule has 6 nitrogen and oxygen atoms in total. The molecule has 4 N–H and O–H groups in total. The van der Waals surface area contributed by atoms with Crippen molar-refractivity contribution < 1.29 is 19.7 Å². The first kappa shape index (κ1) is 20.7. The maximum atomic E-state index is 9.80. The van der Waals surface area contributed by atoms with Gasteiger partial charge in [-0.2, -0.15) is 0 Å². The summed E-state index contributed by atoms with van der Waals surface area (Å²) < 4.78 is 11.1. The summed E-state index contributed by atoms with van der Waals surface area (Å²) >= 11 is 0. The van der Waals surface area contributed by atoms with Crippen LogP contribution >= 0.6 is 0 Å². The molecule has 0 saturated carbocycles. The third-order valence-corrected chi connectivity index (χ3v) is 3.23. The SMILES string of the molecule is CC(C)NCC(O)COc1ccc(OCC(O)CNC(C)C)cc1. The first-order valence-corrected chi connectivity index (χ1v) is 8.55. The Morgan fingerprint density at radius 2 is 1.08 bits per heavy atom. The first-order valence-electron chi connectivity index (χ1n) is 8.55. The van der Waals surface area contributed by atoms with Crippen molar-refractivity contribution in [2.45, 2.75) is 52.0 Å². The fourth-order valence-electron chi connectivity index (χ4n) is 1.88. The highest BCUT2D eigenvalue weighted by atomic mass is 16.5. The van der Waals surface area contributed by atoms with E-state index in [9.17, 15) is 10.2 Å². The van der Waals surface area contributed by atoms with Crippen LogP contribution in [0.1, 0.15) is 27.7 Å². The molecule has 24 heavy (non-hydrogen) atoms. The van der Waals surface area contributed by atoms with Crippen LogP contribution in [0.15, 0.2) is 24.3 Å². The Labute approximate surface area is 145 Å². The average molecular weight is 340 g/mol. The Balaban J connectivity index is 2.27. The quantitative estimate of drug-likeness (QED) is 0.457. The molecular weight excluding hydrogens is 308 g/mol. The molecule has 0 spiro atoms. The van der Waals surface area contributed by atoms with Gasteiger partial charge in [-0.05, 0) is 24.3 Å². The Bertz CT molecular complexity index is 396. The third kappa shape index (κ3) is 9.72. The number of aliphatic hydroxyl groups excluding tert-OH is 2. The summed E-state index contributed by atoms with van der Waals surface area (Å²) in [4.78, 5) is 0. The number of aliphatic hydroxyl groups is 2. The second-order valence-electron chi connectivity index (χ2n) is 6.53. The Morgan fingerprint density at radius 3 is 1.38 bits per heavy atom. The highest BCUT2D eigenvalue weighted by molar-refractivity contribution is 5.31. The van der Waals surface area contributed by atoms with E-state index < -0.39 is 12.2 Å². The van der Waals surface area contributed by atoms with Crippen molar-refractivity contribution in [1.82, 2.24) is 10.6 Å². The smallest absolute Gasteiger partial charge is 0.119 e. The lowest BCUT2D eigenvalue weighted by molar-refractivity contribution is 0.103. The van der Waals surface area contributed by atoms with Gasteiger partial charge in [-0.1, -0.05) is 27.7 Å². The van der Waals surface area contributed by atoms with Crippen molar-refractivity contribution in [3.63, 3.8) is 0 Å². The van der Waals surface area contributed by atoms with Gasteiger partial charge in [0, 0.05) is 25.2 Å².